The second kappa shape index (κ2) is 5.14. The third-order valence-electron chi connectivity index (χ3n) is 3.36. The van der Waals surface area contributed by atoms with E-state index in [9.17, 15) is 4.39 Å². The predicted octanol–water partition coefficient (Wildman–Crippen LogP) is 4.20. The summed E-state index contributed by atoms with van der Waals surface area (Å²) in [6.45, 7) is 4.50. The van der Waals surface area contributed by atoms with Crippen molar-refractivity contribution in [2.45, 2.75) is 39.2 Å². The lowest BCUT2D eigenvalue weighted by molar-refractivity contribution is 0.299. The van der Waals surface area contributed by atoms with Crippen LogP contribution in [0.25, 0.3) is 0 Å². The normalized spacial score (nSPS) is 22.7. The summed E-state index contributed by atoms with van der Waals surface area (Å²) in [6.07, 6.45) is 5.12. The van der Waals surface area contributed by atoms with Crippen molar-refractivity contribution in [2.75, 3.05) is 0 Å². The van der Waals surface area contributed by atoms with Gasteiger partial charge in [0, 0.05) is 6.04 Å². The average molecular weight is 312 g/mol. The van der Waals surface area contributed by atoms with Crippen LogP contribution in [0.4, 0.5) is 4.39 Å². The van der Waals surface area contributed by atoms with E-state index in [1.165, 1.54) is 11.6 Å². The van der Waals surface area contributed by atoms with E-state index in [4.69, 9.17) is 5.73 Å². The van der Waals surface area contributed by atoms with Gasteiger partial charge in [-0.2, -0.15) is 0 Å². The molecule has 0 saturated heterocycles. The maximum absolute atomic E-state index is 13.2. The van der Waals surface area contributed by atoms with Gasteiger partial charge in [-0.1, -0.05) is 31.6 Å². The Labute approximate surface area is 116 Å². The number of halogens is 2. The number of hydrogen-bond donors (Lipinski definition) is 1. The van der Waals surface area contributed by atoms with Gasteiger partial charge < -0.3 is 5.73 Å². The maximum Gasteiger partial charge on any atom is 0.137 e. The highest BCUT2D eigenvalue weighted by atomic mass is 79.9. The second-order valence-electron chi connectivity index (χ2n) is 5.96. The molecule has 0 heterocycles. The lowest BCUT2D eigenvalue weighted by atomic mass is 9.74. The van der Waals surface area contributed by atoms with Crippen LogP contribution < -0.4 is 5.73 Å². The predicted molar refractivity (Wildman–Crippen MR) is 76.9 cm³/mol. The molecule has 0 radical (unpaired) electrons. The fraction of sp³-hybridized carbons (Fsp3) is 0.467. The first kappa shape index (κ1) is 13.8. The molecule has 0 bridgehead atoms. The van der Waals surface area contributed by atoms with E-state index in [1.54, 1.807) is 0 Å². The van der Waals surface area contributed by atoms with E-state index in [-0.39, 0.29) is 17.3 Å². The van der Waals surface area contributed by atoms with Crippen molar-refractivity contribution in [3.05, 3.63) is 45.7 Å². The molecule has 0 amide bonds. The van der Waals surface area contributed by atoms with Crippen LogP contribution in [0.2, 0.25) is 0 Å². The van der Waals surface area contributed by atoms with Gasteiger partial charge in [0.1, 0.15) is 5.82 Å². The Morgan fingerprint density at radius 1 is 1.44 bits per heavy atom. The molecule has 18 heavy (non-hydrogen) atoms. The van der Waals surface area contributed by atoms with E-state index in [0.717, 1.165) is 24.8 Å². The summed E-state index contributed by atoms with van der Waals surface area (Å²) in [5.41, 5.74) is 8.81. The zero-order valence-corrected chi connectivity index (χ0v) is 12.4. The lowest BCUT2D eigenvalue weighted by Crippen LogP contribution is -2.31. The van der Waals surface area contributed by atoms with Gasteiger partial charge >= 0.3 is 0 Å². The molecule has 1 unspecified atom stereocenters. The monoisotopic (exact) mass is 311 g/mol. The number of rotatable bonds is 2. The van der Waals surface area contributed by atoms with E-state index in [1.807, 2.05) is 12.1 Å². The quantitative estimate of drug-likeness (QED) is 0.814. The summed E-state index contributed by atoms with van der Waals surface area (Å²) >= 11 is 3.23. The van der Waals surface area contributed by atoms with Crippen molar-refractivity contribution >= 4 is 15.9 Å². The minimum Gasteiger partial charge on any atom is -0.324 e. The molecule has 0 saturated carbocycles. The summed E-state index contributed by atoms with van der Waals surface area (Å²) in [6, 6.07) is 5.35. The van der Waals surface area contributed by atoms with Gasteiger partial charge in [0.2, 0.25) is 0 Å². The molecule has 1 aromatic rings. The molecule has 1 aliphatic rings. The van der Waals surface area contributed by atoms with Gasteiger partial charge in [-0.25, -0.2) is 4.39 Å². The van der Waals surface area contributed by atoms with Gasteiger partial charge in [-0.3, -0.25) is 0 Å². The number of hydrogen-bond acceptors (Lipinski definition) is 1. The summed E-state index contributed by atoms with van der Waals surface area (Å²) in [5, 5.41) is 0. The zero-order valence-electron chi connectivity index (χ0n) is 10.8. The molecule has 1 atom stereocenters. The molecule has 2 rings (SSSR count). The van der Waals surface area contributed by atoms with Gasteiger partial charge in [-0.05, 0) is 58.3 Å². The Hall–Kier alpha value is -0.670. The number of allylic oxidation sites excluding steroid dienone is 1. The summed E-state index contributed by atoms with van der Waals surface area (Å²) in [7, 11) is 0. The maximum atomic E-state index is 13.2. The molecule has 0 spiro atoms. The zero-order chi connectivity index (χ0) is 13.3. The highest BCUT2D eigenvalue weighted by Crippen LogP contribution is 2.36. The summed E-state index contributed by atoms with van der Waals surface area (Å²) in [4.78, 5) is 0. The Morgan fingerprint density at radius 3 is 2.78 bits per heavy atom. The summed E-state index contributed by atoms with van der Waals surface area (Å²) < 4.78 is 13.7. The Morgan fingerprint density at radius 2 is 2.17 bits per heavy atom. The van der Waals surface area contributed by atoms with Gasteiger partial charge in [-0.15, -0.1) is 0 Å². The minimum absolute atomic E-state index is 0.146. The second-order valence-corrected chi connectivity index (χ2v) is 6.81. The highest BCUT2D eigenvalue weighted by Gasteiger charge is 2.26. The van der Waals surface area contributed by atoms with Gasteiger partial charge in [0.15, 0.2) is 0 Å². The van der Waals surface area contributed by atoms with Crippen molar-refractivity contribution < 1.29 is 4.39 Å². The molecule has 0 aromatic heterocycles. The van der Waals surface area contributed by atoms with Gasteiger partial charge in [0.25, 0.3) is 0 Å². The van der Waals surface area contributed by atoms with Crippen LogP contribution in [0.5, 0.6) is 0 Å². The SMILES string of the molecule is CC1(C)CC(Cc2ccc(F)c(Br)c2)=CC(N)C1. The van der Waals surface area contributed by atoms with Crippen LogP contribution in [0, 0.1) is 11.2 Å². The molecule has 2 N–H and O–H groups in total. The molecule has 0 aliphatic heterocycles. The third-order valence-corrected chi connectivity index (χ3v) is 3.97. The van der Waals surface area contributed by atoms with Crippen LogP contribution in [0.1, 0.15) is 32.3 Å². The van der Waals surface area contributed by atoms with Crippen LogP contribution >= 0.6 is 15.9 Å². The van der Waals surface area contributed by atoms with Crippen molar-refractivity contribution in [2.24, 2.45) is 11.1 Å². The first-order chi connectivity index (χ1) is 8.35. The van der Waals surface area contributed by atoms with Crippen LogP contribution in [0.15, 0.2) is 34.3 Å². The van der Waals surface area contributed by atoms with Crippen LogP contribution in [-0.2, 0) is 6.42 Å². The molecule has 0 fully saturated rings. The molecule has 98 valence electrons. The lowest BCUT2D eigenvalue weighted by Gasteiger charge is -2.33. The Balaban J connectivity index is 2.16. The molecule has 1 aliphatic carbocycles. The number of benzene rings is 1. The Kier molecular flexibility index (Phi) is 3.93. The fourth-order valence-electron chi connectivity index (χ4n) is 2.78. The molecule has 1 nitrogen and oxygen atoms in total. The van der Waals surface area contributed by atoms with Crippen molar-refractivity contribution in [1.29, 1.82) is 0 Å². The molecule has 3 heteroatoms. The number of nitrogens with two attached hydrogens (primary N) is 1. The van der Waals surface area contributed by atoms with Crippen LogP contribution in [-0.4, -0.2) is 6.04 Å². The smallest absolute Gasteiger partial charge is 0.137 e. The van der Waals surface area contributed by atoms with E-state index < -0.39 is 0 Å². The van der Waals surface area contributed by atoms with Crippen molar-refractivity contribution in [3.8, 4) is 0 Å². The van der Waals surface area contributed by atoms with Crippen LogP contribution in [0.3, 0.4) is 0 Å². The van der Waals surface area contributed by atoms with Crippen molar-refractivity contribution in [1.82, 2.24) is 0 Å². The minimum atomic E-state index is -0.214. The molecular weight excluding hydrogens is 293 g/mol. The Bertz CT molecular complexity index is 479. The van der Waals surface area contributed by atoms with E-state index in [2.05, 4.69) is 35.9 Å². The third kappa shape index (κ3) is 3.42. The van der Waals surface area contributed by atoms with E-state index >= 15 is 0 Å². The first-order valence-electron chi connectivity index (χ1n) is 6.25. The highest BCUT2D eigenvalue weighted by molar-refractivity contribution is 9.10. The topological polar surface area (TPSA) is 26.0 Å². The van der Waals surface area contributed by atoms with Crippen molar-refractivity contribution in [3.63, 3.8) is 0 Å². The average Bonchev–Trinajstić information content (AvgIpc) is 2.20. The van der Waals surface area contributed by atoms with Gasteiger partial charge in [0.05, 0.1) is 4.47 Å². The van der Waals surface area contributed by atoms with E-state index in [0.29, 0.717) is 4.47 Å². The summed E-state index contributed by atoms with van der Waals surface area (Å²) in [5.74, 6) is -0.214. The standard InChI is InChI=1S/C15H19BrFN/c1-15(2)8-11(6-12(18)9-15)5-10-3-4-14(17)13(16)7-10/h3-4,6-7,12H,5,8-9,18H2,1-2H3. The molecule has 1 aromatic carbocycles. The molecular formula is C15H19BrFN. The fourth-order valence-corrected chi connectivity index (χ4v) is 3.20. The largest absolute Gasteiger partial charge is 0.324 e. The first-order valence-corrected chi connectivity index (χ1v) is 7.04.